The van der Waals surface area contributed by atoms with Gasteiger partial charge >= 0.3 is 0 Å². The van der Waals surface area contributed by atoms with Gasteiger partial charge < -0.3 is 5.32 Å². The standard InChI is InChI=1S/C11H12BrF2NO/c1-6(2)5-15-11(16)9-7(13)3-4-8(14)10(9)12/h3-4,6H,5H2,1-2H3,(H,15,16). The zero-order valence-electron chi connectivity index (χ0n) is 8.98. The highest BCUT2D eigenvalue weighted by molar-refractivity contribution is 9.10. The molecule has 0 saturated heterocycles. The zero-order chi connectivity index (χ0) is 12.3. The lowest BCUT2D eigenvalue weighted by Crippen LogP contribution is -2.28. The summed E-state index contributed by atoms with van der Waals surface area (Å²) in [5, 5.41) is 2.53. The lowest BCUT2D eigenvalue weighted by Gasteiger charge is -2.10. The molecule has 2 nitrogen and oxygen atoms in total. The Hall–Kier alpha value is -0.970. The van der Waals surface area contributed by atoms with Gasteiger partial charge in [0.05, 0.1) is 10.0 Å². The molecule has 1 amide bonds. The van der Waals surface area contributed by atoms with Crippen LogP contribution in [0.15, 0.2) is 16.6 Å². The molecule has 0 aromatic heterocycles. The van der Waals surface area contributed by atoms with Crippen molar-refractivity contribution in [3.8, 4) is 0 Å². The zero-order valence-corrected chi connectivity index (χ0v) is 10.6. The van der Waals surface area contributed by atoms with E-state index in [9.17, 15) is 13.6 Å². The van der Waals surface area contributed by atoms with Crippen molar-refractivity contribution < 1.29 is 13.6 Å². The van der Waals surface area contributed by atoms with E-state index in [0.717, 1.165) is 12.1 Å². The van der Waals surface area contributed by atoms with Crippen LogP contribution in [0, 0.1) is 17.6 Å². The number of hydrogen-bond acceptors (Lipinski definition) is 1. The Bertz CT molecular complexity index is 407. The molecule has 0 radical (unpaired) electrons. The Morgan fingerprint density at radius 1 is 1.38 bits per heavy atom. The van der Waals surface area contributed by atoms with Crippen LogP contribution in [0.4, 0.5) is 8.78 Å². The molecule has 1 rings (SSSR count). The van der Waals surface area contributed by atoms with Crippen molar-refractivity contribution in [2.75, 3.05) is 6.54 Å². The first-order valence-corrected chi connectivity index (χ1v) is 5.64. The summed E-state index contributed by atoms with van der Waals surface area (Å²) >= 11 is 2.86. The highest BCUT2D eigenvalue weighted by Gasteiger charge is 2.18. The summed E-state index contributed by atoms with van der Waals surface area (Å²) in [6.07, 6.45) is 0. The summed E-state index contributed by atoms with van der Waals surface area (Å²) in [5.41, 5.74) is -0.291. The van der Waals surface area contributed by atoms with E-state index in [-0.39, 0.29) is 16.0 Å². The molecular formula is C11H12BrF2NO. The number of hydrogen-bond donors (Lipinski definition) is 1. The van der Waals surface area contributed by atoms with Gasteiger partial charge in [-0.1, -0.05) is 13.8 Å². The topological polar surface area (TPSA) is 29.1 Å². The second-order valence-corrected chi connectivity index (χ2v) is 4.62. The number of carbonyl (C=O) groups is 1. The Labute approximate surface area is 101 Å². The van der Waals surface area contributed by atoms with E-state index in [4.69, 9.17) is 0 Å². The van der Waals surface area contributed by atoms with Gasteiger partial charge in [0, 0.05) is 6.54 Å². The van der Waals surface area contributed by atoms with Crippen molar-refractivity contribution in [3.05, 3.63) is 33.8 Å². The molecule has 0 heterocycles. The molecule has 88 valence electrons. The fraction of sp³-hybridized carbons (Fsp3) is 0.364. The molecule has 0 aliphatic carbocycles. The molecule has 1 aromatic rings. The summed E-state index contributed by atoms with van der Waals surface area (Å²) in [7, 11) is 0. The smallest absolute Gasteiger partial charge is 0.255 e. The van der Waals surface area contributed by atoms with Crippen LogP contribution in [-0.2, 0) is 0 Å². The molecule has 1 N–H and O–H groups in total. The van der Waals surface area contributed by atoms with Crippen molar-refractivity contribution in [2.45, 2.75) is 13.8 Å². The highest BCUT2D eigenvalue weighted by Crippen LogP contribution is 2.23. The number of benzene rings is 1. The van der Waals surface area contributed by atoms with E-state index in [1.807, 2.05) is 13.8 Å². The van der Waals surface area contributed by atoms with E-state index in [1.54, 1.807) is 0 Å². The van der Waals surface area contributed by atoms with Gasteiger partial charge in [0.1, 0.15) is 11.6 Å². The molecule has 0 saturated carbocycles. The minimum absolute atomic E-state index is 0.145. The summed E-state index contributed by atoms with van der Waals surface area (Å²) in [6, 6.07) is 1.91. The average Bonchev–Trinajstić information content (AvgIpc) is 2.21. The van der Waals surface area contributed by atoms with Gasteiger partial charge in [0.25, 0.3) is 5.91 Å². The van der Waals surface area contributed by atoms with Gasteiger partial charge in [-0.3, -0.25) is 4.79 Å². The molecule has 5 heteroatoms. The van der Waals surface area contributed by atoms with Gasteiger partial charge in [-0.25, -0.2) is 8.78 Å². The molecular weight excluding hydrogens is 280 g/mol. The van der Waals surface area contributed by atoms with Crippen LogP contribution >= 0.6 is 15.9 Å². The first-order valence-electron chi connectivity index (χ1n) is 4.85. The van der Waals surface area contributed by atoms with Crippen LogP contribution < -0.4 is 5.32 Å². The van der Waals surface area contributed by atoms with Gasteiger partial charge in [-0.2, -0.15) is 0 Å². The molecule has 0 fully saturated rings. The van der Waals surface area contributed by atoms with Crippen LogP contribution in [0.25, 0.3) is 0 Å². The largest absolute Gasteiger partial charge is 0.352 e. The van der Waals surface area contributed by atoms with Crippen LogP contribution in [-0.4, -0.2) is 12.5 Å². The van der Waals surface area contributed by atoms with Crippen LogP contribution in [0.1, 0.15) is 24.2 Å². The molecule has 0 unspecified atom stereocenters. The second kappa shape index (κ2) is 5.39. The van der Waals surface area contributed by atoms with Gasteiger partial charge in [0.2, 0.25) is 0 Å². The lowest BCUT2D eigenvalue weighted by molar-refractivity contribution is 0.0943. The van der Waals surface area contributed by atoms with Crippen LogP contribution in [0.5, 0.6) is 0 Å². The maximum atomic E-state index is 13.3. The Morgan fingerprint density at radius 2 is 1.94 bits per heavy atom. The molecule has 0 aliphatic rings. The summed E-state index contributed by atoms with van der Waals surface area (Å²) in [4.78, 5) is 11.6. The first kappa shape index (κ1) is 13.1. The minimum Gasteiger partial charge on any atom is -0.352 e. The number of halogens is 3. The van der Waals surface area contributed by atoms with Gasteiger partial charge in [-0.15, -0.1) is 0 Å². The highest BCUT2D eigenvalue weighted by atomic mass is 79.9. The maximum absolute atomic E-state index is 13.3. The van der Waals surface area contributed by atoms with Crippen molar-refractivity contribution in [1.82, 2.24) is 5.32 Å². The normalized spacial score (nSPS) is 10.6. The molecule has 0 atom stereocenters. The second-order valence-electron chi connectivity index (χ2n) is 3.82. The maximum Gasteiger partial charge on any atom is 0.255 e. The van der Waals surface area contributed by atoms with Gasteiger partial charge in [0.15, 0.2) is 0 Å². The van der Waals surface area contributed by atoms with Crippen molar-refractivity contribution in [2.24, 2.45) is 5.92 Å². The predicted octanol–water partition coefficient (Wildman–Crippen LogP) is 3.11. The SMILES string of the molecule is CC(C)CNC(=O)c1c(F)ccc(F)c1Br. The third kappa shape index (κ3) is 3.01. The molecule has 1 aromatic carbocycles. The summed E-state index contributed by atoms with van der Waals surface area (Å²) in [6.45, 7) is 4.25. The van der Waals surface area contributed by atoms with E-state index in [2.05, 4.69) is 21.2 Å². The Morgan fingerprint density at radius 3 is 2.50 bits per heavy atom. The monoisotopic (exact) mass is 291 g/mol. The number of carbonyl (C=O) groups excluding carboxylic acids is 1. The minimum atomic E-state index is -0.741. The molecule has 0 spiro atoms. The molecule has 0 bridgehead atoms. The van der Waals surface area contributed by atoms with Crippen molar-refractivity contribution in [3.63, 3.8) is 0 Å². The third-order valence-electron chi connectivity index (χ3n) is 1.94. The predicted molar refractivity (Wildman–Crippen MR) is 61.2 cm³/mol. The molecule has 0 aliphatic heterocycles. The average molecular weight is 292 g/mol. The lowest BCUT2D eigenvalue weighted by atomic mass is 10.1. The number of nitrogens with one attached hydrogen (secondary N) is 1. The Kier molecular flexibility index (Phi) is 4.41. The first-order chi connectivity index (χ1) is 7.43. The van der Waals surface area contributed by atoms with E-state index >= 15 is 0 Å². The number of amides is 1. The van der Waals surface area contributed by atoms with Crippen molar-refractivity contribution >= 4 is 21.8 Å². The summed E-state index contributed by atoms with van der Waals surface area (Å²) < 4.78 is 26.3. The fourth-order valence-corrected chi connectivity index (χ4v) is 1.62. The Balaban J connectivity index is 2.95. The van der Waals surface area contributed by atoms with E-state index in [1.165, 1.54) is 0 Å². The number of rotatable bonds is 3. The van der Waals surface area contributed by atoms with Crippen LogP contribution in [0.2, 0.25) is 0 Å². The van der Waals surface area contributed by atoms with Crippen LogP contribution in [0.3, 0.4) is 0 Å². The summed E-state index contributed by atoms with van der Waals surface area (Å²) in [5.74, 6) is -1.76. The van der Waals surface area contributed by atoms with Gasteiger partial charge in [-0.05, 0) is 34.0 Å². The third-order valence-corrected chi connectivity index (χ3v) is 2.72. The van der Waals surface area contributed by atoms with E-state index in [0.29, 0.717) is 6.54 Å². The fourth-order valence-electron chi connectivity index (χ4n) is 1.12. The molecule has 16 heavy (non-hydrogen) atoms. The van der Waals surface area contributed by atoms with E-state index < -0.39 is 17.5 Å². The van der Waals surface area contributed by atoms with Crippen molar-refractivity contribution in [1.29, 1.82) is 0 Å². The quantitative estimate of drug-likeness (QED) is 0.852.